The lowest BCUT2D eigenvalue weighted by molar-refractivity contribution is -0.138. The van der Waals surface area contributed by atoms with E-state index in [0.29, 0.717) is 17.7 Å². The molecule has 3 aromatic carbocycles. The predicted molar refractivity (Wildman–Crippen MR) is 135 cm³/mol. The van der Waals surface area contributed by atoms with E-state index < -0.39 is 29.4 Å². The second-order valence-corrected chi connectivity index (χ2v) is 9.31. The van der Waals surface area contributed by atoms with Gasteiger partial charge in [0.15, 0.2) is 5.69 Å². The van der Waals surface area contributed by atoms with E-state index in [1.54, 1.807) is 11.9 Å². The van der Waals surface area contributed by atoms with Gasteiger partial charge in [-0.2, -0.15) is 26.3 Å². The van der Waals surface area contributed by atoms with Gasteiger partial charge in [0.25, 0.3) is 5.91 Å². The first-order valence-electron chi connectivity index (χ1n) is 12.2. The van der Waals surface area contributed by atoms with Crippen LogP contribution in [0.25, 0.3) is 0 Å². The molecule has 40 heavy (non-hydrogen) atoms. The molecule has 1 aromatic heterocycles. The number of halogens is 6. The lowest BCUT2D eigenvalue weighted by Crippen LogP contribution is -2.27. The molecule has 0 N–H and O–H groups in total. The molecule has 0 aliphatic heterocycles. The minimum Gasteiger partial charge on any atom is -0.447 e. The molecule has 0 spiro atoms. The van der Waals surface area contributed by atoms with Crippen LogP contribution in [0.1, 0.15) is 44.2 Å². The van der Waals surface area contributed by atoms with Gasteiger partial charge in [0.1, 0.15) is 6.26 Å². The van der Waals surface area contributed by atoms with Crippen molar-refractivity contribution in [2.24, 2.45) is 0 Å². The Labute approximate surface area is 226 Å². The van der Waals surface area contributed by atoms with E-state index in [1.807, 2.05) is 30.3 Å². The Morgan fingerprint density at radius 3 is 1.77 bits per heavy atom. The van der Waals surface area contributed by atoms with Crippen molar-refractivity contribution in [1.82, 2.24) is 14.8 Å². The molecule has 1 heterocycles. The fourth-order valence-electron chi connectivity index (χ4n) is 4.17. The van der Waals surface area contributed by atoms with Gasteiger partial charge in [-0.05, 0) is 28.8 Å². The first-order chi connectivity index (χ1) is 18.9. The number of nitrogens with zero attached hydrogens (tertiary/aromatic N) is 3. The van der Waals surface area contributed by atoms with Crippen molar-refractivity contribution in [1.29, 1.82) is 0 Å². The van der Waals surface area contributed by atoms with Gasteiger partial charge in [0.2, 0.25) is 5.89 Å². The Hall–Kier alpha value is -4.12. The third-order valence-electron chi connectivity index (χ3n) is 6.06. The quantitative estimate of drug-likeness (QED) is 0.203. The van der Waals surface area contributed by atoms with Crippen LogP contribution in [0.4, 0.5) is 26.3 Å². The average Bonchev–Trinajstić information content (AvgIpc) is 3.36. The van der Waals surface area contributed by atoms with Crippen LogP contribution in [0.2, 0.25) is 0 Å². The molecule has 11 heteroatoms. The van der Waals surface area contributed by atoms with Gasteiger partial charge in [-0.25, -0.2) is 4.98 Å². The number of benzene rings is 3. The maximum absolute atomic E-state index is 13.3. The molecule has 0 atom stereocenters. The van der Waals surface area contributed by atoms with Crippen molar-refractivity contribution in [2.45, 2.75) is 38.5 Å². The Bertz CT molecular complexity index is 1370. The van der Waals surface area contributed by atoms with Crippen molar-refractivity contribution < 1.29 is 35.6 Å². The number of rotatable bonds is 9. The highest BCUT2D eigenvalue weighted by Gasteiger charge is 2.31. The van der Waals surface area contributed by atoms with Crippen molar-refractivity contribution in [3.05, 3.63) is 125 Å². The third-order valence-corrected chi connectivity index (χ3v) is 6.06. The number of hydrogen-bond acceptors (Lipinski definition) is 4. The lowest BCUT2D eigenvalue weighted by atomic mass is 10.1. The first kappa shape index (κ1) is 28.9. The molecule has 0 radical (unpaired) electrons. The number of alkyl halides is 6. The zero-order valence-corrected chi connectivity index (χ0v) is 21.3. The highest BCUT2D eigenvalue weighted by atomic mass is 19.4. The summed E-state index contributed by atoms with van der Waals surface area (Å²) in [5.41, 5.74) is -0.134. The van der Waals surface area contributed by atoms with E-state index in [2.05, 4.69) is 4.98 Å². The van der Waals surface area contributed by atoms with Gasteiger partial charge in [0.05, 0.1) is 17.7 Å². The second kappa shape index (κ2) is 12.0. The molecule has 0 unspecified atom stereocenters. The molecule has 5 nitrogen and oxygen atoms in total. The Balaban J connectivity index is 1.55. The molecule has 210 valence electrons. The summed E-state index contributed by atoms with van der Waals surface area (Å²) in [5, 5.41) is 0. The number of aromatic nitrogens is 1. The summed E-state index contributed by atoms with van der Waals surface area (Å²) in [6.07, 6.45) is -7.91. The smallest absolute Gasteiger partial charge is 0.416 e. The van der Waals surface area contributed by atoms with Crippen LogP contribution in [0, 0.1) is 0 Å². The minimum atomic E-state index is -4.55. The SMILES string of the molecule is CN(Cc1ccccc1)C(=O)c1coc(CN(Cc2cccc(C(F)(F)F)c2)Cc2cccc(C(F)(F)F)c2)n1. The zero-order chi connectivity index (χ0) is 28.9. The number of hydrogen-bond donors (Lipinski definition) is 0. The largest absolute Gasteiger partial charge is 0.447 e. The zero-order valence-electron chi connectivity index (χ0n) is 21.3. The van der Waals surface area contributed by atoms with E-state index in [9.17, 15) is 31.1 Å². The fraction of sp³-hybridized carbons (Fsp3) is 0.241. The maximum atomic E-state index is 13.3. The van der Waals surface area contributed by atoms with Crippen molar-refractivity contribution in [3.8, 4) is 0 Å². The summed E-state index contributed by atoms with van der Waals surface area (Å²) >= 11 is 0. The lowest BCUT2D eigenvalue weighted by Gasteiger charge is -2.22. The van der Waals surface area contributed by atoms with E-state index in [4.69, 9.17) is 4.42 Å². The van der Waals surface area contributed by atoms with Crippen LogP contribution in [0.3, 0.4) is 0 Å². The van der Waals surface area contributed by atoms with E-state index in [1.165, 1.54) is 35.4 Å². The topological polar surface area (TPSA) is 49.6 Å². The monoisotopic (exact) mass is 561 g/mol. The Morgan fingerprint density at radius 2 is 1.25 bits per heavy atom. The summed E-state index contributed by atoms with van der Waals surface area (Å²) in [6, 6.07) is 18.7. The van der Waals surface area contributed by atoms with Gasteiger partial charge in [0, 0.05) is 26.7 Å². The predicted octanol–water partition coefficient (Wildman–Crippen LogP) is 7.19. The highest BCUT2D eigenvalue weighted by Crippen LogP contribution is 2.31. The van der Waals surface area contributed by atoms with E-state index in [-0.39, 0.29) is 31.2 Å². The molecule has 1 amide bonds. The van der Waals surface area contributed by atoms with E-state index >= 15 is 0 Å². The van der Waals surface area contributed by atoms with Crippen molar-refractivity contribution in [3.63, 3.8) is 0 Å². The summed E-state index contributed by atoms with van der Waals surface area (Å²) in [4.78, 5) is 20.2. The van der Waals surface area contributed by atoms with Gasteiger partial charge < -0.3 is 9.32 Å². The summed E-state index contributed by atoms with van der Waals surface area (Å²) in [6.45, 7) is 0.181. The number of carbonyl (C=O) groups excluding carboxylic acids is 1. The molecular weight excluding hydrogens is 536 g/mol. The maximum Gasteiger partial charge on any atom is 0.416 e. The second-order valence-electron chi connectivity index (χ2n) is 9.31. The normalized spacial score (nSPS) is 12.1. The molecule has 4 aromatic rings. The molecule has 4 rings (SSSR count). The Morgan fingerprint density at radius 1 is 0.725 bits per heavy atom. The van der Waals surface area contributed by atoms with Crippen molar-refractivity contribution >= 4 is 5.91 Å². The summed E-state index contributed by atoms with van der Waals surface area (Å²) < 4.78 is 85.0. The van der Waals surface area contributed by atoms with Crippen LogP contribution >= 0.6 is 0 Å². The number of amides is 1. The third kappa shape index (κ3) is 7.72. The van der Waals surface area contributed by atoms with Crippen molar-refractivity contribution in [2.75, 3.05) is 7.05 Å². The van der Waals surface area contributed by atoms with Crippen LogP contribution < -0.4 is 0 Å². The standard InChI is InChI=1S/C29H25F6N3O2/c1-37(15-20-7-3-2-4-8-20)27(39)25-19-40-26(36-25)18-38(16-21-9-5-11-23(13-21)28(30,31)32)17-22-10-6-12-24(14-22)29(33,34)35/h2-14,19H,15-18H2,1H3. The average molecular weight is 562 g/mol. The van der Waals surface area contributed by atoms with Crippen LogP contribution in [-0.2, 0) is 38.5 Å². The molecule has 0 saturated carbocycles. The van der Waals surface area contributed by atoms with Gasteiger partial charge in [-0.15, -0.1) is 0 Å². The molecule has 0 fully saturated rings. The molecule has 0 bridgehead atoms. The van der Waals surface area contributed by atoms with Gasteiger partial charge >= 0.3 is 12.4 Å². The van der Waals surface area contributed by atoms with Gasteiger partial charge in [-0.1, -0.05) is 66.7 Å². The molecular formula is C29H25F6N3O2. The first-order valence-corrected chi connectivity index (χ1v) is 12.2. The number of oxazole rings is 1. The molecule has 0 aliphatic rings. The van der Waals surface area contributed by atoms with Crippen LogP contribution in [0.15, 0.2) is 89.5 Å². The molecule has 0 saturated heterocycles. The highest BCUT2D eigenvalue weighted by molar-refractivity contribution is 5.91. The minimum absolute atomic E-state index is 0.0338. The Kier molecular flexibility index (Phi) is 8.63. The number of carbonyl (C=O) groups is 1. The summed E-state index contributed by atoms with van der Waals surface area (Å²) in [5.74, 6) is -0.309. The molecule has 0 aliphatic carbocycles. The van der Waals surface area contributed by atoms with E-state index in [0.717, 1.165) is 29.8 Å². The fourth-order valence-corrected chi connectivity index (χ4v) is 4.17. The summed E-state index contributed by atoms with van der Waals surface area (Å²) in [7, 11) is 1.61. The van der Waals surface area contributed by atoms with Crippen LogP contribution in [0.5, 0.6) is 0 Å². The van der Waals surface area contributed by atoms with Crippen LogP contribution in [-0.4, -0.2) is 27.7 Å². The van der Waals surface area contributed by atoms with Gasteiger partial charge in [-0.3, -0.25) is 9.69 Å².